The first-order valence-electron chi connectivity index (χ1n) is 3.10. The van der Waals surface area contributed by atoms with E-state index in [1.54, 1.807) is 0 Å². The molecule has 0 aromatic rings. The lowest BCUT2D eigenvalue weighted by molar-refractivity contribution is 0.0450. The average molecular weight is 241 g/mol. The molecule has 6 heteroatoms. The molecule has 0 aromatic heterocycles. The van der Waals surface area contributed by atoms with Crippen molar-refractivity contribution in [3.63, 3.8) is 0 Å². The maximum absolute atomic E-state index is 8.45. The lowest BCUT2D eigenvalue weighted by Crippen LogP contribution is -2.17. The minimum absolute atomic E-state index is 0.0102. The Hall–Kier alpha value is 0.220. The highest BCUT2D eigenvalue weighted by Gasteiger charge is 2.26. The minimum Gasteiger partial charge on any atom is -0.394 e. The van der Waals surface area contributed by atoms with Gasteiger partial charge in [-0.05, 0) is 0 Å². The Labute approximate surface area is 77.3 Å². The molecule has 1 aliphatic rings. The highest BCUT2D eigenvalue weighted by Crippen LogP contribution is 2.29. The molecule has 2 unspecified atom stereocenters. The van der Waals surface area contributed by atoms with Gasteiger partial charge in [-0.1, -0.05) is 27.7 Å². The van der Waals surface area contributed by atoms with Crippen LogP contribution in [0.2, 0.25) is 0 Å². The SMILES string of the molecule is NC1=NC(OCCO)C(Br)S1. The van der Waals surface area contributed by atoms with Crippen molar-refractivity contribution in [3.8, 4) is 0 Å². The molecular formula is C5H9BrN2O2S. The maximum atomic E-state index is 8.45. The van der Waals surface area contributed by atoms with E-state index in [1.807, 2.05) is 0 Å². The largest absolute Gasteiger partial charge is 0.394 e. The molecule has 2 atom stereocenters. The van der Waals surface area contributed by atoms with Crippen LogP contribution in [-0.2, 0) is 4.74 Å². The van der Waals surface area contributed by atoms with Crippen molar-refractivity contribution in [2.45, 2.75) is 10.4 Å². The van der Waals surface area contributed by atoms with Crippen molar-refractivity contribution in [3.05, 3.63) is 0 Å². The Kier molecular flexibility index (Phi) is 3.64. The number of thioether (sulfide) groups is 1. The summed E-state index contributed by atoms with van der Waals surface area (Å²) in [5.74, 6) is 0. The van der Waals surface area contributed by atoms with Crippen LogP contribution in [0.15, 0.2) is 4.99 Å². The zero-order valence-corrected chi connectivity index (χ0v) is 8.14. The van der Waals surface area contributed by atoms with Gasteiger partial charge in [-0.25, -0.2) is 4.99 Å². The average Bonchev–Trinajstić information content (AvgIpc) is 2.26. The van der Waals surface area contributed by atoms with Crippen molar-refractivity contribution < 1.29 is 9.84 Å². The molecule has 0 bridgehead atoms. The number of amidine groups is 1. The predicted molar refractivity (Wildman–Crippen MR) is 48.8 cm³/mol. The number of nitrogens with two attached hydrogens (primary N) is 1. The second-order valence-electron chi connectivity index (χ2n) is 1.92. The summed E-state index contributed by atoms with van der Waals surface area (Å²) in [7, 11) is 0. The van der Waals surface area contributed by atoms with Crippen LogP contribution < -0.4 is 5.73 Å². The molecular weight excluding hydrogens is 232 g/mol. The van der Waals surface area contributed by atoms with E-state index in [0.29, 0.717) is 11.8 Å². The predicted octanol–water partition coefficient (Wildman–Crippen LogP) is 0.104. The number of nitrogens with zero attached hydrogens (tertiary/aromatic N) is 1. The Morgan fingerprint density at radius 1 is 1.82 bits per heavy atom. The van der Waals surface area contributed by atoms with Gasteiger partial charge >= 0.3 is 0 Å². The van der Waals surface area contributed by atoms with E-state index in [9.17, 15) is 0 Å². The van der Waals surface area contributed by atoms with Gasteiger partial charge in [0.1, 0.15) is 4.16 Å². The minimum atomic E-state index is -0.257. The van der Waals surface area contributed by atoms with E-state index in [0.717, 1.165) is 0 Å². The van der Waals surface area contributed by atoms with Crippen LogP contribution in [0.5, 0.6) is 0 Å². The number of hydrogen-bond acceptors (Lipinski definition) is 5. The van der Waals surface area contributed by atoms with E-state index < -0.39 is 0 Å². The Balaban J connectivity index is 2.33. The third kappa shape index (κ3) is 2.62. The molecule has 1 aliphatic heterocycles. The van der Waals surface area contributed by atoms with Crippen molar-refractivity contribution in [1.29, 1.82) is 0 Å². The van der Waals surface area contributed by atoms with E-state index in [2.05, 4.69) is 20.9 Å². The van der Waals surface area contributed by atoms with Crippen LogP contribution in [0.4, 0.5) is 0 Å². The molecule has 0 amide bonds. The summed E-state index contributed by atoms with van der Waals surface area (Å²) in [6.07, 6.45) is -0.257. The van der Waals surface area contributed by atoms with E-state index >= 15 is 0 Å². The molecule has 1 rings (SSSR count). The van der Waals surface area contributed by atoms with Gasteiger partial charge in [0, 0.05) is 0 Å². The highest BCUT2D eigenvalue weighted by molar-refractivity contribution is 9.11. The first-order valence-corrected chi connectivity index (χ1v) is 4.90. The van der Waals surface area contributed by atoms with Crippen LogP contribution >= 0.6 is 27.7 Å². The molecule has 4 nitrogen and oxygen atoms in total. The van der Waals surface area contributed by atoms with Gasteiger partial charge in [-0.2, -0.15) is 0 Å². The smallest absolute Gasteiger partial charge is 0.173 e. The fourth-order valence-corrected chi connectivity index (χ4v) is 2.17. The fourth-order valence-electron chi connectivity index (χ4n) is 0.674. The van der Waals surface area contributed by atoms with E-state index in [4.69, 9.17) is 15.6 Å². The summed E-state index contributed by atoms with van der Waals surface area (Å²) in [5, 5.41) is 8.97. The monoisotopic (exact) mass is 240 g/mol. The maximum Gasteiger partial charge on any atom is 0.173 e. The van der Waals surface area contributed by atoms with Gasteiger partial charge in [0.2, 0.25) is 0 Å². The lowest BCUT2D eigenvalue weighted by Gasteiger charge is -2.10. The van der Waals surface area contributed by atoms with Gasteiger partial charge in [0.15, 0.2) is 11.4 Å². The van der Waals surface area contributed by atoms with Crippen LogP contribution in [0.3, 0.4) is 0 Å². The second-order valence-corrected chi connectivity index (χ2v) is 4.68. The number of hydrogen-bond donors (Lipinski definition) is 2. The Morgan fingerprint density at radius 3 is 3.00 bits per heavy atom. The van der Waals surface area contributed by atoms with Gasteiger partial charge in [0.25, 0.3) is 0 Å². The standard InChI is InChI=1S/C5H9BrN2O2S/c6-3-4(10-2-1-9)8-5(7)11-3/h3-4,9H,1-2H2,(H2,7,8). The highest BCUT2D eigenvalue weighted by atomic mass is 79.9. The number of rotatable bonds is 3. The summed E-state index contributed by atoms with van der Waals surface area (Å²) in [5.41, 5.74) is 5.43. The second kappa shape index (κ2) is 4.30. The first-order chi connectivity index (χ1) is 5.24. The van der Waals surface area contributed by atoms with Gasteiger partial charge < -0.3 is 15.6 Å². The van der Waals surface area contributed by atoms with Crippen LogP contribution in [0.25, 0.3) is 0 Å². The molecule has 0 spiro atoms. The van der Waals surface area contributed by atoms with Crippen LogP contribution in [0, 0.1) is 0 Å². The summed E-state index contributed by atoms with van der Waals surface area (Å²) in [6.45, 7) is 0.306. The Morgan fingerprint density at radius 2 is 2.55 bits per heavy atom. The van der Waals surface area contributed by atoms with Crippen LogP contribution in [-0.4, -0.2) is 33.9 Å². The zero-order chi connectivity index (χ0) is 8.27. The normalized spacial score (nSPS) is 30.5. The first kappa shape index (κ1) is 9.31. The fraction of sp³-hybridized carbons (Fsp3) is 0.800. The van der Waals surface area contributed by atoms with Gasteiger partial charge in [0.05, 0.1) is 13.2 Å². The number of aliphatic hydroxyl groups is 1. The molecule has 0 saturated carbocycles. The van der Waals surface area contributed by atoms with Gasteiger partial charge in [-0.3, -0.25) is 0 Å². The Bertz CT molecular complexity index is 167. The molecule has 0 aromatic carbocycles. The topological polar surface area (TPSA) is 67.8 Å². The molecule has 11 heavy (non-hydrogen) atoms. The molecule has 1 heterocycles. The third-order valence-electron chi connectivity index (χ3n) is 1.09. The van der Waals surface area contributed by atoms with Crippen molar-refractivity contribution in [1.82, 2.24) is 0 Å². The third-order valence-corrected chi connectivity index (χ3v) is 2.91. The van der Waals surface area contributed by atoms with E-state index in [1.165, 1.54) is 11.8 Å². The number of ether oxygens (including phenoxy) is 1. The molecule has 0 fully saturated rings. The van der Waals surface area contributed by atoms with Crippen molar-refractivity contribution in [2.24, 2.45) is 10.7 Å². The lowest BCUT2D eigenvalue weighted by atomic mass is 10.6. The summed E-state index contributed by atoms with van der Waals surface area (Å²) < 4.78 is 5.23. The summed E-state index contributed by atoms with van der Waals surface area (Å²) in [4.78, 5) is 3.98. The molecule has 0 aliphatic carbocycles. The van der Waals surface area contributed by atoms with Crippen LogP contribution in [0.1, 0.15) is 0 Å². The van der Waals surface area contributed by atoms with Gasteiger partial charge in [-0.15, -0.1) is 0 Å². The number of aliphatic hydroxyl groups excluding tert-OH is 1. The summed E-state index contributed by atoms with van der Waals surface area (Å²) >= 11 is 4.75. The molecule has 0 radical (unpaired) electrons. The van der Waals surface area contributed by atoms with E-state index in [-0.39, 0.29) is 17.0 Å². The number of halogens is 1. The van der Waals surface area contributed by atoms with Crippen molar-refractivity contribution in [2.75, 3.05) is 13.2 Å². The molecule has 64 valence electrons. The molecule has 0 saturated heterocycles. The van der Waals surface area contributed by atoms with Crippen molar-refractivity contribution >= 4 is 32.9 Å². The number of aliphatic imine (C=N–C) groups is 1. The quantitative estimate of drug-likeness (QED) is 0.688. The summed E-state index contributed by atoms with van der Waals surface area (Å²) in [6, 6.07) is 0. The number of alkyl halides is 1. The molecule has 3 N–H and O–H groups in total. The zero-order valence-electron chi connectivity index (χ0n) is 5.74.